The lowest BCUT2D eigenvalue weighted by atomic mass is 9.48. The highest BCUT2D eigenvalue weighted by molar-refractivity contribution is 6.28. The first-order chi connectivity index (χ1) is 9.63. The molecule has 0 radical (unpaired) electrons. The van der Waals surface area contributed by atoms with Gasteiger partial charge in [0.2, 0.25) is 5.28 Å². The van der Waals surface area contributed by atoms with E-state index in [4.69, 9.17) is 11.6 Å². The second kappa shape index (κ2) is 4.59. The molecule has 4 aliphatic rings. The van der Waals surface area contributed by atoms with E-state index in [-0.39, 0.29) is 0 Å². The summed E-state index contributed by atoms with van der Waals surface area (Å²) in [5.41, 5.74) is 0.492. The predicted molar refractivity (Wildman–Crippen MR) is 80.7 cm³/mol. The van der Waals surface area contributed by atoms with Crippen molar-refractivity contribution in [3.8, 4) is 0 Å². The van der Waals surface area contributed by atoms with Gasteiger partial charge < -0.3 is 5.32 Å². The molecule has 0 aliphatic heterocycles. The highest BCUT2D eigenvalue weighted by atomic mass is 35.5. The van der Waals surface area contributed by atoms with Crippen LogP contribution in [0.3, 0.4) is 0 Å². The largest absolute Gasteiger partial charge is 0.367 e. The molecule has 0 amide bonds. The molecule has 20 heavy (non-hydrogen) atoms. The van der Waals surface area contributed by atoms with Gasteiger partial charge in [0, 0.05) is 12.2 Å². The Balaban J connectivity index is 1.54. The maximum Gasteiger partial charge on any atom is 0.224 e. The Morgan fingerprint density at radius 1 is 1.20 bits per heavy atom. The van der Waals surface area contributed by atoms with Crippen LogP contribution in [0.1, 0.15) is 45.4 Å². The highest BCUT2D eigenvalue weighted by Gasteiger charge is 2.53. The Morgan fingerprint density at radius 2 is 1.80 bits per heavy atom. The third kappa shape index (κ3) is 2.11. The first-order valence-electron chi connectivity index (χ1n) is 7.88. The van der Waals surface area contributed by atoms with Gasteiger partial charge in [-0.15, -0.1) is 0 Å². The van der Waals surface area contributed by atoms with E-state index in [0.717, 1.165) is 23.6 Å². The Hall–Kier alpha value is -0.830. The molecule has 4 heteroatoms. The van der Waals surface area contributed by atoms with Crippen molar-refractivity contribution in [1.29, 1.82) is 0 Å². The molecule has 1 atom stereocenters. The van der Waals surface area contributed by atoms with Crippen molar-refractivity contribution in [3.63, 3.8) is 0 Å². The second-order valence-electron chi connectivity index (χ2n) is 7.36. The summed E-state index contributed by atoms with van der Waals surface area (Å²) in [6.07, 6.45) is 10.4. The molecule has 3 nitrogen and oxygen atoms in total. The zero-order chi connectivity index (χ0) is 13.7. The van der Waals surface area contributed by atoms with Gasteiger partial charge in [0.1, 0.15) is 5.82 Å². The number of nitrogens with zero attached hydrogens (tertiary/aromatic N) is 2. The molecule has 0 saturated heterocycles. The third-order valence-electron chi connectivity index (χ3n) is 5.99. The van der Waals surface area contributed by atoms with Gasteiger partial charge in [0.25, 0.3) is 0 Å². The minimum absolute atomic E-state index is 0.327. The number of aromatic nitrogens is 2. The lowest BCUT2D eigenvalue weighted by Gasteiger charge is -2.59. The molecular formula is C16H22ClN3. The summed E-state index contributed by atoms with van der Waals surface area (Å²) in [5, 5.41) is 3.93. The summed E-state index contributed by atoms with van der Waals surface area (Å²) >= 11 is 5.88. The first kappa shape index (κ1) is 12.9. The van der Waals surface area contributed by atoms with Crippen LogP contribution in [0, 0.1) is 23.2 Å². The quantitative estimate of drug-likeness (QED) is 0.850. The fourth-order valence-electron chi connectivity index (χ4n) is 5.50. The van der Waals surface area contributed by atoms with Gasteiger partial charge >= 0.3 is 0 Å². The zero-order valence-electron chi connectivity index (χ0n) is 12.0. The molecule has 108 valence electrons. The highest BCUT2D eigenvalue weighted by Crippen LogP contribution is 2.61. The fourth-order valence-corrected chi connectivity index (χ4v) is 5.65. The number of hydrogen-bond donors (Lipinski definition) is 1. The van der Waals surface area contributed by atoms with Gasteiger partial charge in [-0.3, -0.25) is 0 Å². The first-order valence-corrected chi connectivity index (χ1v) is 8.26. The summed E-state index contributed by atoms with van der Waals surface area (Å²) in [6.45, 7) is 2.34. The Kier molecular flexibility index (Phi) is 2.95. The van der Waals surface area contributed by atoms with Crippen molar-refractivity contribution >= 4 is 17.4 Å². The smallest absolute Gasteiger partial charge is 0.224 e. The molecule has 4 fully saturated rings. The van der Waals surface area contributed by atoms with E-state index >= 15 is 0 Å². The maximum atomic E-state index is 5.88. The minimum Gasteiger partial charge on any atom is -0.367 e. The topological polar surface area (TPSA) is 37.8 Å². The van der Waals surface area contributed by atoms with Crippen LogP contribution >= 0.6 is 11.6 Å². The Bertz CT molecular complexity index is 481. The second-order valence-corrected chi connectivity index (χ2v) is 7.69. The normalized spacial score (nSPS) is 39.8. The average Bonchev–Trinajstić information content (AvgIpc) is 2.37. The van der Waals surface area contributed by atoms with E-state index in [1.54, 1.807) is 6.20 Å². The maximum absolute atomic E-state index is 5.88. The summed E-state index contributed by atoms with van der Waals surface area (Å²) in [4.78, 5) is 8.24. The van der Waals surface area contributed by atoms with E-state index in [1.165, 1.54) is 38.5 Å². The van der Waals surface area contributed by atoms with Gasteiger partial charge in [-0.1, -0.05) is 0 Å². The molecule has 4 saturated carbocycles. The summed E-state index contributed by atoms with van der Waals surface area (Å²) in [5.74, 6) is 3.83. The molecule has 1 aromatic rings. The number of anilines is 1. The van der Waals surface area contributed by atoms with E-state index in [9.17, 15) is 0 Å². The molecule has 1 heterocycles. The number of nitrogens with one attached hydrogen (secondary N) is 1. The van der Waals surface area contributed by atoms with Gasteiger partial charge in [-0.2, -0.15) is 0 Å². The van der Waals surface area contributed by atoms with E-state index in [0.29, 0.717) is 16.7 Å². The molecule has 4 bridgehead atoms. The lowest BCUT2D eigenvalue weighted by Crippen LogP contribution is -2.53. The van der Waals surface area contributed by atoms with Crippen LogP contribution in [0.4, 0.5) is 5.82 Å². The Labute approximate surface area is 125 Å². The molecule has 1 unspecified atom stereocenters. The van der Waals surface area contributed by atoms with E-state index < -0.39 is 0 Å². The van der Waals surface area contributed by atoms with Crippen LogP contribution in [0.15, 0.2) is 12.3 Å². The molecule has 0 aromatic carbocycles. The van der Waals surface area contributed by atoms with Crippen molar-refractivity contribution < 1.29 is 0 Å². The van der Waals surface area contributed by atoms with Gasteiger partial charge in [-0.25, -0.2) is 9.97 Å². The number of halogens is 1. The average molecular weight is 292 g/mol. The zero-order valence-corrected chi connectivity index (χ0v) is 12.7. The van der Waals surface area contributed by atoms with Crippen LogP contribution in [-0.4, -0.2) is 16.0 Å². The monoisotopic (exact) mass is 291 g/mol. The van der Waals surface area contributed by atoms with Crippen LogP contribution in [0.2, 0.25) is 5.28 Å². The molecule has 4 aliphatic carbocycles. The van der Waals surface area contributed by atoms with E-state index in [2.05, 4.69) is 22.2 Å². The van der Waals surface area contributed by atoms with Crippen molar-refractivity contribution in [2.24, 2.45) is 23.2 Å². The molecule has 0 spiro atoms. The number of hydrogen-bond acceptors (Lipinski definition) is 3. The predicted octanol–water partition coefficient (Wildman–Crippen LogP) is 4.15. The minimum atomic E-state index is 0.327. The van der Waals surface area contributed by atoms with Crippen LogP contribution in [0.5, 0.6) is 0 Å². The van der Waals surface area contributed by atoms with Crippen LogP contribution < -0.4 is 5.32 Å². The SMILES string of the molecule is CC(Nc1ccnc(Cl)n1)C12CC3CC(CC(C3)C1)C2. The van der Waals surface area contributed by atoms with Crippen molar-refractivity contribution in [1.82, 2.24) is 9.97 Å². The third-order valence-corrected chi connectivity index (χ3v) is 6.18. The molecule has 1 N–H and O–H groups in total. The molecule has 5 rings (SSSR count). The van der Waals surface area contributed by atoms with Gasteiger partial charge in [0.15, 0.2) is 0 Å². The van der Waals surface area contributed by atoms with Crippen LogP contribution in [0.25, 0.3) is 0 Å². The molecular weight excluding hydrogens is 270 g/mol. The molecule has 1 aromatic heterocycles. The number of rotatable bonds is 3. The summed E-state index contributed by atoms with van der Waals surface area (Å²) in [7, 11) is 0. The Morgan fingerprint density at radius 3 is 2.35 bits per heavy atom. The van der Waals surface area contributed by atoms with Crippen molar-refractivity contribution in [2.75, 3.05) is 5.32 Å². The van der Waals surface area contributed by atoms with E-state index in [1.807, 2.05) is 6.07 Å². The van der Waals surface area contributed by atoms with Crippen molar-refractivity contribution in [2.45, 2.75) is 51.5 Å². The fraction of sp³-hybridized carbons (Fsp3) is 0.750. The van der Waals surface area contributed by atoms with Gasteiger partial charge in [-0.05, 0) is 86.3 Å². The standard InChI is InChI=1S/C16H22ClN3/c1-10(19-14-2-3-18-15(17)20-14)16-7-11-4-12(8-16)6-13(5-11)9-16/h2-3,10-13H,4-9H2,1H3,(H,18,19,20). The summed E-state index contributed by atoms with van der Waals surface area (Å²) in [6, 6.07) is 2.39. The lowest BCUT2D eigenvalue weighted by molar-refractivity contribution is -0.0603. The van der Waals surface area contributed by atoms with Crippen molar-refractivity contribution in [3.05, 3.63) is 17.5 Å². The van der Waals surface area contributed by atoms with Crippen LogP contribution in [-0.2, 0) is 0 Å². The van der Waals surface area contributed by atoms with Gasteiger partial charge in [0.05, 0.1) is 0 Å². The summed E-state index contributed by atoms with van der Waals surface area (Å²) < 4.78 is 0.